The van der Waals surface area contributed by atoms with Crippen LogP contribution in [0.3, 0.4) is 0 Å². The van der Waals surface area contributed by atoms with Gasteiger partial charge in [0.25, 0.3) is 0 Å². The summed E-state index contributed by atoms with van der Waals surface area (Å²) in [5.41, 5.74) is 1.08. The van der Waals surface area contributed by atoms with Gasteiger partial charge >= 0.3 is 0 Å². The smallest absolute Gasteiger partial charge is 0.0615 e. The van der Waals surface area contributed by atoms with Crippen LogP contribution >= 0.6 is 11.6 Å². The summed E-state index contributed by atoms with van der Waals surface area (Å²) in [6.45, 7) is 5.17. The molecule has 4 unspecified atom stereocenters. The standard InChI is InChI=1S/C14H20ClNO/c1-3-13-11(7-9-17-13)14(15)10(2)12-6-4-5-8-16-12/h4-6,8,10-11,13-14H,3,7,9H2,1-2H3. The van der Waals surface area contributed by atoms with Crippen LogP contribution < -0.4 is 0 Å². The highest BCUT2D eigenvalue weighted by Gasteiger charge is 2.35. The van der Waals surface area contributed by atoms with E-state index >= 15 is 0 Å². The van der Waals surface area contributed by atoms with Crippen molar-refractivity contribution in [2.75, 3.05) is 6.61 Å². The van der Waals surface area contributed by atoms with E-state index in [1.165, 1.54) is 0 Å². The molecule has 2 heterocycles. The van der Waals surface area contributed by atoms with Crippen molar-refractivity contribution in [2.24, 2.45) is 5.92 Å². The van der Waals surface area contributed by atoms with E-state index < -0.39 is 0 Å². The van der Waals surface area contributed by atoms with Gasteiger partial charge in [-0.05, 0) is 25.0 Å². The molecule has 2 rings (SSSR count). The van der Waals surface area contributed by atoms with E-state index in [0.717, 1.165) is 25.1 Å². The van der Waals surface area contributed by atoms with E-state index in [0.29, 0.717) is 12.0 Å². The lowest BCUT2D eigenvalue weighted by Crippen LogP contribution is -2.28. The molecule has 0 spiro atoms. The first kappa shape index (κ1) is 12.8. The quantitative estimate of drug-likeness (QED) is 0.765. The topological polar surface area (TPSA) is 22.1 Å². The zero-order chi connectivity index (χ0) is 12.3. The molecule has 94 valence electrons. The minimum Gasteiger partial charge on any atom is -0.378 e. The van der Waals surface area contributed by atoms with Gasteiger partial charge in [0.2, 0.25) is 0 Å². The Morgan fingerprint density at radius 2 is 2.35 bits per heavy atom. The SMILES string of the molecule is CCC1OCCC1C(Cl)C(C)c1ccccn1. The van der Waals surface area contributed by atoms with E-state index in [9.17, 15) is 0 Å². The summed E-state index contributed by atoms with van der Waals surface area (Å²) in [6, 6.07) is 6.01. The lowest BCUT2D eigenvalue weighted by Gasteiger charge is -2.26. The molecule has 0 saturated carbocycles. The van der Waals surface area contributed by atoms with Crippen LogP contribution in [-0.2, 0) is 4.74 Å². The highest BCUT2D eigenvalue weighted by Crippen LogP contribution is 2.36. The van der Waals surface area contributed by atoms with E-state index in [1.807, 2.05) is 18.3 Å². The van der Waals surface area contributed by atoms with Crippen LogP contribution in [0.2, 0.25) is 0 Å². The number of nitrogens with zero attached hydrogens (tertiary/aromatic N) is 1. The largest absolute Gasteiger partial charge is 0.378 e. The zero-order valence-corrected chi connectivity index (χ0v) is 11.2. The molecule has 3 heteroatoms. The van der Waals surface area contributed by atoms with Crippen LogP contribution in [0.4, 0.5) is 0 Å². The fraction of sp³-hybridized carbons (Fsp3) is 0.643. The summed E-state index contributed by atoms with van der Waals surface area (Å²) in [7, 11) is 0. The van der Waals surface area contributed by atoms with Crippen LogP contribution in [0, 0.1) is 5.92 Å². The second-order valence-corrected chi connectivity index (χ2v) is 5.26. The van der Waals surface area contributed by atoms with Crippen molar-refractivity contribution >= 4 is 11.6 Å². The number of hydrogen-bond acceptors (Lipinski definition) is 2. The molecule has 1 aromatic heterocycles. The molecule has 1 aromatic rings. The maximum Gasteiger partial charge on any atom is 0.0615 e. The van der Waals surface area contributed by atoms with Gasteiger partial charge in [0.1, 0.15) is 0 Å². The van der Waals surface area contributed by atoms with Gasteiger partial charge in [-0.15, -0.1) is 11.6 Å². The van der Waals surface area contributed by atoms with Crippen molar-refractivity contribution in [3.05, 3.63) is 30.1 Å². The van der Waals surface area contributed by atoms with Crippen molar-refractivity contribution in [1.82, 2.24) is 4.98 Å². The van der Waals surface area contributed by atoms with Crippen LogP contribution in [0.5, 0.6) is 0 Å². The number of halogens is 1. The number of ether oxygens (including phenoxy) is 1. The molecular weight excluding hydrogens is 234 g/mol. The molecule has 2 nitrogen and oxygen atoms in total. The van der Waals surface area contributed by atoms with Gasteiger partial charge in [0.15, 0.2) is 0 Å². The second kappa shape index (κ2) is 5.83. The van der Waals surface area contributed by atoms with Gasteiger partial charge in [-0.2, -0.15) is 0 Å². The predicted molar refractivity (Wildman–Crippen MR) is 70.4 cm³/mol. The molecule has 0 radical (unpaired) electrons. The second-order valence-electron chi connectivity index (χ2n) is 4.76. The van der Waals surface area contributed by atoms with Gasteiger partial charge in [-0.25, -0.2) is 0 Å². The van der Waals surface area contributed by atoms with Crippen molar-refractivity contribution in [3.8, 4) is 0 Å². The van der Waals surface area contributed by atoms with E-state index in [1.54, 1.807) is 0 Å². The third-order valence-electron chi connectivity index (χ3n) is 3.70. The average molecular weight is 254 g/mol. The van der Waals surface area contributed by atoms with Crippen molar-refractivity contribution in [2.45, 2.75) is 44.1 Å². The Kier molecular flexibility index (Phi) is 4.41. The van der Waals surface area contributed by atoms with Crippen LogP contribution in [0.15, 0.2) is 24.4 Å². The van der Waals surface area contributed by atoms with Gasteiger partial charge in [-0.3, -0.25) is 4.98 Å². The summed E-state index contributed by atoms with van der Waals surface area (Å²) >= 11 is 6.63. The summed E-state index contributed by atoms with van der Waals surface area (Å²) < 4.78 is 5.72. The molecule has 1 fully saturated rings. The first-order valence-corrected chi connectivity index (χ1v) is 6.84. The summed E-state index contributed by atoms with van der Waals surface area (Å²) in [5.74, 6) is 0.734. The Hall–Kier alpha value is -0.600. The Balaban J connectivity index is 2.07. The molecule has 1 aliphatic rings. The van der Waals surface area contributed by atoms with E-state index in [-0.39, 0.29) is 11.3 Å². The van der Waals surface area contributed by atoms with Crippen molar-refractivity contribution < 1.29 is 4.74 Å². The molecule has 1 saturated heterocycles. The number of aromatic nitrogens is 1. The maximum absolute atomic E-state index is 6.63. The molecule has 0 N–H and O–H groups in total. The minimum absolute atomic E-state index is 0.109. The molecule has 0 aliphatic carbocycles. The molecule has 0 bridgehead atoms. The Bertz CT molecular complexity index is 343. The number of hydrogen-bond donors (Lipinski definition) is 0. The lowest BCUT2D eigenvalue weighted by atomic mass is 9.87. The maximum atomic E-state index is 6.63. The van der Waals surface area contributed by atoms with Gasteiger partial charge in [0, 0.05) is 35.7 Å². The lowest BCUT2D eigenvalue weighted by molar-refractivity contribution is 0.0850. The highest BCUT2D eigenvalue weighted by molar-refractivity contribution is 6.21. The first-order valence-electron chi connectivity index (χ1n) is 6.40. The van der Waals surface area contributed by atoms with E-state index in [2.05, 4.69) is 24.9 Å². The highest BCUT2D eigenvalue weighted by atomic mass is 35.5. The zero-order valence-electron chi connectivity index (χ0n) is 10.5. The molecule has 0 amide bonds. The predicted octanol–water partition coefficient (Wildman–Crippen LogP) is 3.61. The number of pyridine rings is 1. The third kappa shape index (κ3) is 2.80. The summed E-state index contributed by atoms with van der Waals surface area (Å²) in [5, 5.41) is 0.109. The Labute approximate surface area is 108 Å². The van der Waals surface area contributed by atoms with Gasteiger partial charge in [-0.1, -0.05) is 19.9 Å². The third-order valence-corrected chi connectivity index (χ3v) is 4.41. The van der Waals surface area contributed by atoms with Crippen LogP contribution in [-0.4, -0.2) is 23.1 Å². The summed E-state index contributed by atoms with van der Waals surface area (Å²) in [6.07, 6.45) is 4.27. The van der Waals surface area contributed by atoms with Gasteiger partial charge in [0.05, 0.1) is 6.10 Å². The van der Waals surface area contributed by atoms with Crippen molar-refractivity contribution in [3.63, 3.8) is 0 Å². The molecule has 1 aliphatic heterocycles. The molecule has 0 aromatic carbocycles. The normalized spacial score (nSPS) is 27.9. The summed E-state index contributed by atoms with van der Waals surface area (Å²) in [4.78, 5) is 4.40. The average Bonchev–Trinajstić information content (AvgIpc) is 2.86. The van der Waals surface area contributed by atoms with E-state index in [4.69, 9.17) is 16.3 Å². The number of rotatable bonds is 4. The molecule has 4 atom stereocenters. The Morgan fingerprint density at radius 3 is 3.00 bits per heavy atom. The van der Waals surface area contributed by atoms with Gasteiger partial charge < -0.3 is 4.74 Å². The first-order chi connectivity index (χ1) is 8.24. The minimum atomic E-state index is 0.109. The number of alkyl halides is 1. The fourth-order valence-electron chi connectivity index (χ4n) is 2.63. The van der Waals surface area contributed by atoms with Crippen molar-refractivity contribution in [1.29, 1.82) is 0 Å². The van der Waals surface area contributed by atoms with Crippen LogP contribution in [0.25, 0.3) is 0 Å². The monoisotopic (exact) mass is 253 g/mol. The van der Waals surface area contributed by atoms with Crippen LogP contribution in [0.1, 0.15) is 38.3 Å². The molecular formula is C14H20ClNO. The molecule has 17 heavy (non-hydrogen) atoms. The Morgan fingerprint density at radius 1 is 1.53 bits per heavy atom. The fourth-order valence-corrected chi connectivity index (χ4v) is 3.05.